The summed E-state index contributed by atoms with van der Waals surface area (Å²) in [5.74, 6) is -3.06. The minimum absolute atomic E-state index is 0.00781. The smallest absolute Gasteiger partial charge is 0.202 e. The van der Waals surface area contributed by atoms with E-state index < -0.39 is 58.9 Å². The predicted molar refractivity (Wildman–Crippen MR) is 116 cm³/mol. The lowest BCUT2D eigenvalue weighted by atomic mass is 9.72. The number of aromatic hydroxyl groups is 2. The Balaban J connectivity index is 1.65. The van der Waals surface area contributed by atoms with Crippen LogP contribution in [-0.4, -0.2) is 66.8 Å². The van der Waals surface area contributed by atoms with Crippen molar-refractivity contribution in [2.45, 2.75) is 63.1 Å². The Kier molecular flexibility index (Phi) is 4.96. The summed E-state index contributed by atoms with van der Waals surface area (Å²) in [7, 11) is 0. The van der Waals surface area contributed by atoms with Crippen LogP contribution in [0.25, 0.3) is 0 Å². The van der Waals surface area contributed by atoms with E-state index in [1.165, 1.54) is 25.1 Å². The Morgan fingerprint density at radius 2 is 1.68 bits per heavy atom. The van der Waals surface area contributed by atoms with Crippen LogP contribution in [0.4, 0.5) is 0 Å². The van der Waals surface area contributed by atoms with Gasteiger partial charge in [0.15, 0.2) is 11.6 Å². The van der Waals surface area contributed by atoms with Crippen molar-refractivity contribution in [1.29, 1.82) is 0 Å². The van der Waals surface area contributed by atoms with Gasteiger partial charge < -0.3 is 30.3 Å². The van der Waals surface area contributed by atoms with E-state index >= 15 is 0 Å². The summed E-state index contributed by atoms with van der Waals surface area (Å²) in [6.07, 6.45) is -4.04. The SMILES string of the molecule is C[C@H]1O[C@@H](c2ccc3c(c2O)C(=O)c2c(O)cc4c(c2C3=O)C(=O)C[C@@](C)(O)C4)C[C@H](O)[C@@H]1O. The molecule has 9 heteroatoms. The van der Waals surface area contributed by atoms with Gasteiger partial charge >= 0.3 is 0 Å². The summed E-state index contributed by atoms with van der Waals surface area (Å²) in [5.41, 5.74) is -1.93. The second-order valence-corrected chi connectivity index (χ2v) is 9.66. The van der Waals surface area contributed by atoms with E-state index in [4.69, 9.17) is 4.74 Å². The summed E-state index contributed by atoms with van der Waals surface area (Å²) >= 11 is 0. The molecule has 0 bridgehead atoms. The van der Waals surface area contributed by atoms with Crippen molar-refractivity contribution in [3.05, 3.63) is 57.1 Å². The van der Waals surface area contributed by atoms with Crippen molar-refractivity contribution in [3.63, 3.8) is 0 Å². The normalized spacial score (nSPS) is 30.6. The highest BCUT2D eigenvalue weighted by Gasteiger charge is 2.44. The third kappa shape index (κ3) is 3.19. The Bertz CT molecular complexity index is 1260. The summed E-state index contributed by atoms with van der Waals surface area (Å²) in [6.45, 7) is 3.05. The number of ether oxygens (including phenoxy) is 1. The standard InChI is InChI=1S/C25H24O9/c1-9-21(29)14(27)6-16(34-9)11-3-4-12-18(22(11)30)24(32)19-13(26)5-10-7-25(2,33)8-15(28)17(10)20(19)23(12)31/h3-5,9,14,16,21,26-27,29-30,33H,6-8H2,1-2H3/t9-,14+,16-,21-,25+/m1/s1. The van der Waals surface area contributed by atoms with E-state index in [-0.39, 0.29) is 58.2 Å². The molecule has 0 unspecified atom stereocenters. The molecule has 0 saturated carbocycles. The average molecular weight is 468 g/mol. The quantitative estimate of drug-likeness (QED) is 0.355. The van der Waals surface area contributed by atoms with Gasteiger partial charge in [-0.25, -0.2) is 0 Å². The van der Waals surface area contributed by atoms with Gasteiger partial charge in [-0.05, 0) is 31.5 Å². The van der Waals surface area contributed by atoms with Gasteiger partial charge in [-0.2, -0.15) is 0 Å². The van der Waals surface area contributed by atoms with E-state index in [9.17, 15) is 39.9 Å². The number of carbonyl (C=O) groups is 3. The lowest BCUT2D eigenvalue weighted by Crippen LogP contribution is -2.44. The van der Waals surface area contributed by atoms with Gasteiger partial charge in [0.2, 0.25) is 5.78 Å². The predicted octanol–water partition coefficient (Wildman–Crippen LogP) is 1.32. The number of aliphatic hydroxyl groups is 3. The maximum Gasteiger partial charge on any atom is 0.202 e. The minimum Gasteiger partial charge on any atom is -0.507 e. The summed E-state index contributed by atoms with van der Waals surface area (Å²) in [6, 6.07) is 3.97. The zero-order valence-corrected chi connectivity index (χ0v) is 18.5. The highest BCUT2D eigenvalue weighted by Crippen LogP contribution is 2.45. The molecule has 1 heterocycles. The van der Waals surface area contributed by atoms with Gasteiger partial charge in [-0.1, -0.05) is 6.07 Å². The monoisotopic (exact) mass is 468 g/mol. The molecule has 5 rings (SSSR count). The summed E-state index contributed by atoms with van der Waals surface area (Å²) in [4.78, 5) is 39.8. The van der Waals surface area contributed by atoms with Gasteiger partial charge in [0, 0.05) is 41.5 Å². The zero-order chi connectivity index (χ0) is 24.7. The fraction of sp³-hybridized carbons (Fsp3) is 0.400. The van der Waals surface area contributed by atoms with Crippen LogP contribution < -0.4 is 0 Å². The van der Waals surface area contributed by atoms with Crippen molar-refractivity contribution >= 4 is 17.3 Å². The number of hydrogen-bond donors (Lipinski definition) is 5. The van der Waals surface area contributed by atoms with Crippen molar-refractivity contribution in [2.24, 2.45) is 0 Å². The van der Waals surface area contributed by atoms with Crippen LogP contribution in [0.5, 0.6) is 11.5 Å². The molecule has 1 aliphatic heterocycles. The molecule has 2 aromatic carbocycles. The van der Waals surface area contributed by atoms with Crippen LogP contribution in [-0.2, 0) is 11.2 Å². The minimum atomic E-state index is -1.34. The van der Waals surface area contributed by atoms with Crippen molar-refractivity contribution in [1.82, 2.24) is 0 Å². The molecule has 0 radical (unpaired) electrons. The van der Waals surface area contributed by atoms with Gasteiger partial charge in [0.1, 0.15) is 17.6 Å². The lowest BCUT2D eigenvalue weighted by Gasteiger charge is -2.36. The maximum atomic E-state index is 13.5. The van der Waals surface area contributed by atoms with Crippen LogP contribution in [0.15, 0.2) is 18.2 Å². The number of ketones is 3. The molecular formula is C25H24O9. The zero-order valence-electron chi connectivity index (χ0n) is 18.5. The Hall–Kier alpha value is -3.11. The molecule has 5 atom stereocenters. The van der Waals surface area contributed by atoms with E-state index in [1.54, 1.807) is 6.92 Å². The van der Waals surface area contributed by atoms with Gasteiger partial charge in [-0.3, -0.25) is 14.4 Å². The molecule has 5 N–H and O–H groups in total. The molecule has 178 valence electrons. The fourth-order valence-electron chi connectivity index (χ4n) is 5.36. The number of Topliss-reactive ketones (excluding diaryl/α,β-unsaturated/α-hetero) is 1. The fourth-order valence-corrected chi connectivity index (χ4v) is 5.36. The van der Waals surface area contributed by atoms with E-state index in [0.29, 0.717) is 0 Å². The van der Waals surface area contributed by atoms with Gasteiger partial charge in [0.25, 0.3) is 0 Å². The molecule has 0 aromatic heterocycles. The lowest BCUT2D eigenvalue weighted by molar-refractivity contribution is -0.163. The second-order valence-electron chi connectivity index (χ2n) is 9.66. The number of hydrogen-bond acceptors (Lipinski definition) is 9. The number of benzene rings is 2. The Morgan fingerprint density at radius 1 is 0.971 bits per heavy atom. The number of rotatable bonds is 1. The number of fused-ring (bicyclic) bond motifs is 4. The molecule has 1 fully saturated rings. The molecule has 2 aliphatic carbocycles. The first-order valence-electron chi connectivity index (χ1n) is 11.0. The van der Waals surface area contributed by atoms with Crippen LogP contribution in [0.2, 0.25) is 0 Å². The molecule has 34 heavy (non-hydrogen) atoms. The highest BCUT2D eigenvalue weighted by molar-refractivity contribution is 6.33. The molecular weight excluding hydrogens is 444 g/mol. The van der Waals surface area contributed by atoms with Crippen LogP contribution >= 0.6 is 0 Å². The first-order valence-corrected chi connectivity index (χ1v) is 11.0. The molecule has 0 amide bonds. The first kappa shape index (κ1) is 22.7. The van der Waals surface area contributed by atoms with Crippen LogP contribution in [0, 0.1) is 0 Å². The van der Waals surface area contributed by atoms with Crippen molar-refractivity contribution < 1.29 is 44.7 Å². The largest absolute Gasteiger partial charge is 0.507 e. The van der Waals surface area contributed by atoms with Gasteiger partial charge in [0.05, 0.1) is 35.0 Å². The molecule has 1 saturated heterocycles. The summed E-state index contributed by atoms with van der Waals surface area (Å²) < 4.78 is 5.71. The summed E-state index contributed by atoms with van der Waals surface area (Å²) in [5, 5.41) is 52.1. The van der Waals surface area contributed by atoms with Crippen LogP contribution in [0.1, 0.15) is 86.1 Å². The molecule has 2 aromatic rings. The third-order valence-electron chi connectivity index (χ3n) is 6.97. The van der Waals surface area contributed by atoms with E-state index in [2.05, 4.69) is 0 Å². The Morgan fingerprint density at radius 3 is 2.35 bits per heavy atom. The Labute approximate surface area is 194 Å². The van der Waals surface area contributed by atoms with Crippen molar-refractivity contribution in [2.75, 3.05) is 0 Å². The second kappa shape index (κ2) is 7.44. The number of carbonyl (C=O) groups excluding carboxylic acids is 3. The number of aliphatic hydroxyl groups excluding tert-OH is 2. The average Bonchev–Trinajstić information content (AvgIpc) is 2.73. The van der Waals surface area contributed by atoms with Crippen molar-refractivity contribution in [3.8, 4) is 11.5 Å². The van der Waals surface area contributed by atoms with E-state index in [0.717, 1.165) is 0 Å². The number of phenols is 2. The number of phenolic OH excluding ortho intramolecular Hbond substituents is 2. The molecule has 0 spiro atoms. The topological polar surface area (TPSA) is 162 Å². The third-order valence-corrected chi connectivity index (χ3v) is 6.97. The van der Waals surface area contributed by atoms with Gasteiger partial charge in [-0.15, -0.1) is 0 Å². The molecule has 3 aliphatic rings. The van der Waals surface area contributed by atoms with E-state index in [1.807, 2.05) is 0 Å². The first-order chi connectivity index (χ1) is 15.9. The maximum absolute atomic E-state index is 13.5. The van der Waals surface area contributed by atoms with Crippen LogP contribution in [0.3, 0.4) is 0 Å². The highest BCUT2D eigenvalue weighted by atomic mass is 16.5. The molecule has 9 nitrogen and oxygen atoms in total.